The van der Waals surface area contributed by atoms with Crippen molar-refractivity contribution in [3.63, 3.8) is 0 Å². The quantitative estimate of drug-likeness (QED) is 0.470. The number of likely N-dealkylation sites (tertiary alicyclic amines) is 1. The van der Waals surface area contributed by atoms with Crippen LogP contribution in [0.4, 0.5) is 0 Å². The third-order valence-electron chi connectivity index (χ3n) is 2.70. The number of Topliss-reactive ketones (excluding diaryl/α,β-unsaturated/α-hetero) is 1. The summed E-state index contributed by atoms with van der Waals surface area (Å²) >= 11 is 0. The van der Waals surface area contributed by atoms with E-state index in [-0.39, 0.29) is 18.2 Å². The van der Waals surface area contributed by atoms with E-state index in [1.54, 1.807) is 0 Å². The molecule has 1 fully saturated rings. The van der Waals surface area contributed by atoms with Crippen molar-refractivity contribution < 1.29 is 14.4 Å². The summed E-state index contributed by atoms with van der Waals surface area (Å²) in [4.78, 5) is 35.0. The second-order valence-corrected chi connectivity index (χ2v) is 3.45. The summed E-state index contributed by atoms with van der Waals surface area (Å²) in [5.41, 5.74) is 3.97. The number of nitrogens with zero attached hydrogens (tertiary/aromatic N) is 1. The molecular weight excluding hydrogens is 184 g/mol. The van der Waals surface area contributed by atoms with E-state index in [9.17, 15) is 14.4 Å². The molecule has 0 radical (unpaired) electrons. The Morgan fingerprint density at radius 2 is 2.21 bits per heavy atom. The summed E-state index contributed by atoms with van der Waals surface area (Å²) in [7, 11) is 0. The average Bonchev–Trinajstić information content (AvgIpc) is 2.61. The van der Waals surface area contributed by atoms with Crippen molar-refractivity contribution in [2.45, 2.75) is 25.3 Å². The highest BCUT2D eigenvalue weighted by Crippen LogP contribution is 2.28. The van der Waals surface area contributed by atoms with Crippen LogP contribution in [-0.2, 0) is 14.4 Å². The van der Waals surface area contributed by atoms with Crippen LogP contribution in [0.25, 0.3) is 0 Å². The summed E-state index contributed by atoms with van der Waals surface area (Å²) < 4.78 is 0. The summed E-state index contributed by atoms with van der Waals surface area (Å²) in [6.07, 6.45) is 1.65. The Balaban J connectivity index is 3.00. The molecule has 5 nitrogen and oxygen atoms in total. The first-order valence-corrected chi connectivity index (χ1v) is 4.56. The number of carbonyl (C=O) groups is 3. The molecule has 14 heavy (non-hydrogen) atoms. The molecule has 1 aliphatic rings. The van der Waals surface area contributed by atoms with Crippen LogP contribution in [0.2, 0.25) is 0 Å². The third-order valence-corrected chi connectivity index (χ3v) is 2.70. The van der Waals surface area contributed by atoms with Gasteiger partial charge in [-0.3, -0.25) is 9.59 Å². The Bertz CT molecular complexity index is 277. The number of hydrogen-bond acceptors (Lipinski definition) is 4. The monoisotopic (exact) mass is 198 g/mol. The lowest BCUT2D eigenvalue weighted by Gasteiger charge is -2.30. The van der Waals surface area contributed by atoms with Crippen molar-refractivity contribution in [2.75, 3.05) is 13.1 Å². The summed E-state index contributed by atoms with van der Waals surface area (Å²) in [5.74, 6) is -0.628. The lowest BCUT2D eigenvalue weighted by atomic mass is 9.93. The van der Waals surface area contributed by atoms with E-state index < -0.39 is 5.54 Å². The fraction of sp³-hybridized carbons (Fsp3) is 0.667. The normalized spacial score (nSPS) is 26.3. The van der Waals surface area contributed by atoms with E-state index in [1.165, 1.54) is 11.8 Å². The summed E-state index contributed by atoms with van der Waals surface area (Å²) in [6.45, 7) is 1.60. The molecular formula is C9H14N2O3. The first-order chi connectivity index (χ1) is 6.58. The topological polar surface area (TPSA) is 80.5 Å². The van der Waals surface area contributed by atoms with E-state index in [4.69, 9.17) is 5.73 Å². The van der Waals surface area contributed by atoms with Crippen LogP contribution in [0.15, 0.2) is 0 Å². The third kappa shape index (κ3) is 1.43. The predicted molar refractivity (Wildman–Crippen MR) is 49.5 cm³/mol. The number of rotatable bonds is 3. The fourth-order valence-electron chi connectivity index (χ4n) is 1.87. The van der Waals surface area contributed by atoms with E-state index in [1.807, 2.05) is 0 Å². The van der Waals surface area contributed by atoms with E-state index in [0.29, 0.717) is 25.7 Å². The zero-order chi connectivity index (χ0) is 10.8. The van der Waals surface area contributed by atoms with Crippen LogP contribution in [0.3, 0.4) is 0 Å². The van der Waals surface area contributed by atoms with E-state index >= 15 is 0 Å². The first kappa shape index (κ1) is 10.8. The Kier molecular flexibility index (Phi) is 3.00. The summed E-state index contributed by atoms with van der Waals surface area (Å²) in [5, 5.41) is 0. The highest BCUT2D eigenvalue weighted by atomic mass is 16.2. The number of carbonyl (C=O) groups excluding carboxylic acids is 3. The molecule has 0 bridgehead atoms. The van der Waals surface area contributed by atoms with Crippen LogP contribution in [0.1, 0.15) is 19.8 Å². The smallest absolute Gasteiger partial charge is 0.237 e. The maximum Gasteiger partial charge on any atom is 0.237 e. The van der Waals surface area contributed by atoms with E-state index in [2.05, 4.69) is 0 Å². The van der Waals surface area contributed by atoms with Crippen molar-refractivity contribution in [1.82, 2.24) is 4.90 Å². The molecule has 5 heteroatoms. The van der Waals surface area contributed by atoms with Gasteiger partial charge in [-0.1, -0.05) is 0 Å². The van der Waals surface area contributed by atoms with Gasteiger partial charge < -0.3 is 15.4 Å². The fourth-order valence-corrected chi connectivity index (χ4v) is 1.87. The Labute approximate surface area is 82.2 Å². The van der Waals surface area contributed by atoms with Crippen molar-refractivity contribution in [3.05, 3.63) is 0 Å². The van der Waals surface area contributed by atoms with Gasteiger partial charge in [0.25, 0.3) is 0 Å². The molecule has 1 aliphatic heterocycles. The second-order valence-electron chi connectivity index (χ2n) is 3.45. The Morgan fingerprint density at radius 3 is 2.64 bits per heavy atom. The largest absolute Gasteiger partial charge is 0.322 e. The zero-order valence-corrected chi connectivity index (χ0v) is 8.16. The minimum atomic E-state index is -1.24. The lowest BCUT2D eigenvalue weighted by Crippen LogP contribution is -2.55. The minimum absolute atomic E-state index is 0.164. The molecule has 0 aromatic heterocycles. The van der Waals surface area contributed by atoms with Gasteiger partial charge in [0.15, 0.2) is 17.6 Å². The molecule has 1 saturated heterocycles. The van der Waals surface area contributed by atoms with Crippen LogP contribution < -0.4 is 5.73 Å². The van der Waals surface area contributed by atoms with Crippen molar-refractivity contribution in [3.8, 4) is 0 Å². The molecule has 1 rings (SSSR count). The van der Waals surface area contributed by atoms with Gasteiger partial charge in [0.05, 0.1) is 6.54 Å². The average molecular weight is 198 g/mol. The highest BCUT2D eigenvalue weighted by molar-refractivity contribution is 6.05. The van der Waals surface area contributed by atoms with Gasteiger partial charge in [-0.25, -0.2) is 0 Å². The van der Waals surface area contributed by atoms with Gasteiger partial charge >= 0.3 is 0 Å². The van der Waals surface area contributed by atoms with Gasteiger partial charge in [0.2, 0.25) is 5.91 Å². The number of amides is 1. The standard InChI is InChI=1S/C9H14N2O3/c1-7(13)9(6-12)3-2-4-11(9)8(14)5-10/h6H,2-5,10H2,1H3/t9-/m0/s1. The molecule has 78 valence electrons. The van der Waals surface area contributed by atoms with Crippen LogP contribution in [-0.4, -0.2) is 41.5 Å². The number of nitrogens with two attached hydrogens (primary N) is 1. The second kappa shape index (κ2) is 3.88. The Hall–Kier alpha value is -1.23. The molecule has 0 spiro atoms. The molecule has 0 unspecified atom stereocenters. The van der Waals surface area contributed by atoms with Gasteiger partial charge in [0, 0.05) is 6.54 Å². The van der Waals surface area contributed by atoms with Gasteiger partial charge in [0.1, 0.15) is 0 Å². The molecule has 1 heterocycles. The molecule has 0 aromatic carbocycles. The van der Waals surface area contributed by atoms with E-state index in [0.717, 1.165) is 0 Å². The van der Waals surface area contributed by atoms with Gasteiger partial charge in [-0.2, -0.15) is 0 Å². The first-order valence-electron chi connectivity index (χ1n) is 4.56. The van der Waals surface area contributed by atoms with Gasteiger partial charge in [-0.15, -0.1) is 0 Å². The van der Waals surface area contributed by atoms with Crippen LogP contribution in [0, 0.1) is 0 Å². The molecule has 0 saturated carbocycles. The molecule has 0 aromatic rings. The predicted octanol–water partition coefficient (Wildman–Crippen LogP) is -0.906. The zero-order valence-electron chi connectivity index (χ0n) is 8.16. The van der Waals surface area contributed by atoms with Crippen molar-refractivity contribution in [2.24, 2.45) is 5.73 Å². The minimum Gasteiger partial charge on any atom is -0.322 e. The van der Waals surface area contributed by atoms with Crippen molar-refractivity contribution >= 4 is 18.0 Å². The maximum atomic E-state index is 11.4. The molecule has 0 aliphatic carbocycles. The maximum absolute atomic E-state index is 11.4. The highest BCUT2D eigenvalue weighted by Gasteiger charge is 2.47. The Morgan fingerprint density at radius 1 is 1.57 bits per heavy atom. The number of hydrogen-bond donors (Lipinski definition) is 1. The molecule has 1 atom stereocenters. The molecule has 1 amide bonds. The van der Waals surface area contributed by atoms with Crippen molar-refractivity contribution in [1.29, 1.82) is 0 Å². The lowest BCUT2D eigenvalue weighted by molar-refractivity contribution is -0.145. The van der Waals surface area contributed by atoms with Crippen LogP contribution >= 0.6 is 0 Å². The SMILES string of the molecule is CC(=O)[C@@]1(C=O)CCCN1C(=O)CN. The van der Waals surface area contributed by atoms with Gasteiger partial charge in [-0.05, 0) is 19.8 Å². The number of ketones is 1. The summed E-state index contributed by atoms with van der Waals surface area (Å²) in [6, 6.07) is 0. The number of aldehydes is 1. The van der Waals surface area contributed by atoms with Crippen LogP contribution in [0.5, 0.6) is 0 Å². The molecule has 2 N–H and O–H groups in total.